The Hall–Kier alpha value is -2.04. The van der Waals surface area contributed by atoms with Gasteiger partial charge in [-0.3, -0.25) is 9.59 Å². The standard InChI is InChI=1S/C19H24N2O3/c22-18(21-10-9-13-5-1-2-6-14(13)12-21)11-17-19(23)20-15-7-3-4-8-16(15)24-17/h3-4,7-8,13-14,17H,1-2,5-6,9-12H2,(H,20,23)/t13-,14+,17+/m0/s1. The summed E-state index contributed by atoms with van der Waals surface area (Å²) in [6.45, 7) is 1.68. The van der Waals surface area contributed by atoms with Crippen molar-refractivity contribution in [3.63, 3.8) is 0 Å². The molecule has 0 spiro atoms. The third kappa shape index (κ3) is 2.99. The second kappa shape index (κ2) is 6.46. The summed E-state index contributed by atoms with van der Waals surface area (Å²) in [4.78, 5) is 26.8. The van der Waals surface area contributed by atoms with Gasteiger partial charge in [-0.05, 0) is 36.8 Å². The summed E-state index contributed by atoms with van der Waals surface area (Å²) >= 11 is 0. The summed E-state index contributed by atoms with van der Waals surface area (Å²) in [7, 11) is 0. The van der Waals surface area contributed by atoms with Crippen LogP contribution in [0, 0.1) is 11.8 Å². The smallest absolute Gasteiger partial charge is 0.266 e. The zero-order valence-electron chi connectivity index (χ0n) is 13.9. The van der Waals surface area contributed by atoms with Gasteiger partial charge in [0.25, 0.3) is 5.91 Å². The SMILES string of the molecule is O=C1Nc2ccccc2O[C@@H]1CC(=O)N1CC[C@@H]2CCCC[C@@H]2C1. The van der Waals surface area contributed by atoms with E-state index in [0.29, 0.717) is 17.4 Å². The van der Waals surface area contributed by atoms with Crippen LogP contribution in [0.3, 0.4) is 0 Å². The Bertz CT molecular complexity index is 645. The molecular weight excluding hydrogens is 304 g/mol. The minimum Gasteiger partial charge on any atom is -0.478 e. The first kappa shape index (κ1) is 15.5. The number of hydrogen-bond acceptors (Lipinski definition) is 3. The number of carbonyl (C=O) groups excluding carboxylic acids is 2. The van der Waals surface area contributed by atoms with Crippen LogP contribution in [0.5, 0.6) is 5.75 Å². The van der Waals surface area contributed by atoms with E-state index in [1.165, 1.54) is 25.7 Å². The number of piperidine rings is 1. The second-order valence-electron chi connectivity index (χ2n) is 7.23. The van der Waals surface area contributed by atoms with Gasteiger partial charge in [-0.25, -0.2) is 0 Å². The molecule has 2 amide bonds. The first-order chi connectivity index (χ1) is 11.7. The molecule has 1 saturated heterocycles. The van der Waals surface area contributed by atoms with Gasteiger partial charge in [0.2, 0.25) is 5.91 Å². The number of para-hydroxylation sites is 2. The van der Waals surface area contributed by atoms with E-state index in [9.17, 15) is 9.59 Å². The maximum atomic E-state index is 12.7. The molecule has 1 aromatic carbocycles. The number of ether oxygens (including phenoxy) is 1. The van der Waals surface area contributed by atoms with E-state index in [4.69, 9.17) is 4.74 Å². The number of anilines is 1. The number of carbonyl (C=O) groups is 2. The van der Waals surface area contributed by atoms with Crippen molar-refractivity contribution in [1.82, 2.24) is 4.90 Å². The highest BCUT2D eigenvalue weighted by Crippen LogP contribution is 2.36. The molecule has 1 N–H and O–H groups in total. The number of nitrogens with zero attached hydrogens (tertiary/aromatic N) is 1. The highest BCUT2D eigenvalue weighted by molar-refractivity contribution is 5.99. The first-order valence-corrected chi connectivity index (χ1v) is 9.05. The molecule has 128 valence electrons. The van der Waals surface area contributed by atoms with E-state index in [1.54, 1.807) is 6.07 Å². The summed E-state index contributed by atoms with van der Waals surface area (Å²) in [6, 6.07) is 7.34. The molecule has 1 aliphatic carbocycles. The molecule has 0 bridgehead atoms. The van der Waals surface area contributed by atoms with Crippen LogP contribution in [0.2, 0.25) is 0 Å². The molecule has 5 nitrogen and oxygen atoms in total. The highest BCUT2D eigenvalue weighted by Gasteiger charge is 2.35. The Morgan fingerprint density at radius 3 is 2.83 bits per heavy atom. The molecule has 0 unspecified atom stereocenters. The lowest BCUT2D eigenvalue weighted by Gasteiger charge is -2.41. The fourth-order valence-electron chi connectivity index (χ4n) is 4.34. The molecule has 2 aliphatic heterocycles. The van der Waals surface area contributed by atoms with Gasteiger partial charge in [0, 0.05) is 13.1 Å². The molecule has 24 heavy (non-hydrogen) atoms. The van der Waals surface area contributed by atoms with E-state index in [1.807, 2.05) is 23.1 Å². The number of fused-ring (bicyclic) bond motifs is 2. The fourth-order valence-corrected chi connectivity index (χ4v) is 4.34. The molecule has 0 radical (unpaired) electrons. The number of benzene rings is 1. The van der Waals surface area contributed by atoms with E-state index < -0.39 is 6.10 Å². The molecule has 3 aliphatic rings. The van der Waals surface area contributed by atoms with Gasteiger partial charge < -0.3 is 15.0 Å². The lowest BCUT2D eigenvalue weighted by molar-refractivity contribution is -0.139. The fraction of sp³-hybridized carbons (Fsp3) is 0.579. The summed E-state index contributed by atoms with van der Waals surface area (Å²) < 4.78 is 5.75. The van der Waals surface area contributed by atoms with E-state index >= 15 is 0 Å². The summed E-state index contributed by atoms with van der Waals surface area (Å²) in [5.41, 5.74) is 0.675. The van der Waals surface area contributed by atoms with Crippen molar-refractivity contribution in [3.05, 3.63) is 24.3 Å². The van der Waals surface area contributed by atoms with Crippen LogP contribution in [-0.2, 0) is 9.59 Å². The van der Waals surface area contributed by atoms with Gasteiger partial charge in [0.05, 0.1) is 12.1 Å². The van der Waals surface area contributed by atoms with E-state index in [0.717, 1.165) is 25.4 Å². The van der Waals surface area contributed by atoms with E-state index in [-0.39, 0.29) is 18.2 Å². The van der Waals surface area contributed by atoms with Crippen molar-refractivity contribution in [3.8, 4) is 5.75 Å². The van der Waals surface area contributed by atoms with Crippen molar-refractivity contribution < 1.29 is 14.3 Å². The lowest BCUT2D eigenvalue weighted by atomic mass is 9.75. The van der Waals surface area contributed by atoms with Crippen LogP contribution in [0.15, 0.2) is 24.3 Å². The van der Waals surface area contributed by atoms with Gasteiger partial charge in [-0.15, -0.1) is 0 Å². The van der Waals surface area contributed by atoms with Crippen LogP contribution in [0.4, 0.5) is 5.69 Å². The number of rotatable bonds is 2. The van der Waals surface area contributed by atoms with Gasteiger partial charge in [-0.2, -0.15) is 0 Å². The highest BCUT2D eigenvalue weighted by atomic mass is 16.5. The third-order valence-electron chi connectivity index (χ3n) is 5.71. The second-order valence-corrected chi connectivity index (χ2v) is 7.23. The zero-order chi connectivity index (χ0) is 16.5. The Labute approximate surface area is 142 Å². The average Bonchev–Trinajstić information content (AvgIpc) is 2.62. The third-order valence-corrected chi connectivity index (χ3v) is 5.71. The predicted molar refractivity (Wildman–Crippen MR) is 90.7 cm³/mol. The number of amides is 2. The van der Waals surface area contributed by atoms with Crippen molar-refractivity contribution in [1.29, 1.82) is 0 Å². The number of nitrogens with one attached hydrogen (secondary N) is 1. The summed E-state index contributed by atoms with van der Waals surface area (Å²) in [5, 5.41) is 2.83. The molecule has 2 heterocycles. The lowest BCUT2D eigenvalue weighted by Crippen LogP contribution is -2.47. The molecule has 3 atom stereocenters. The van der Waals surface area contributed by atoms with Crippen LogP contribution in [0.25, 0.3) is 0 Å². The molecule has 1 aromatic rings. The maximum Gasteiger partial charge on any atom is 0.266 e. The van der Waals surface area contributed by atoms with Crippen molar-refractivity contribution >= 4 is 17.5 Å². The van der Waals surface area contributed by atoms with Gasteiger partial charge in [0.1, 0.15) is 5.75 Å². The largest absolute Gasteiger partial charge is 0.478 e. The van der Waals surface area contributed by atoms with Gasteiger partial charge >= 0.3 is 0 Å². The summed E-state index contributed by atoms with van der Waals surface area (Å²) in [5.74, 6) is 1.90. The van der Waals surface area contributed by atoms with Crippen LogP contribution >= 0.6 is 0 Å². The quantitative estimate of drug-likeness (QED) is 0.908. The minimum atomic E-state index is -0.725. The molecule has 5 heteroatoms. The topological polar surface area (TPSA) is 58.6 Å². The Balaban J connectivity index is 1.38. The monoisotopic (exact) mass is 328 g/mol. The van der Waals surface area contributed by atoms with Crippen molar-refractivity contribution in [2.45, 2.75) is 44.6 Å². The number of hydrogen-bond donors (Lipinski definition) is 1. The first-order valence-electron chi connectivity index (χ1n) is 9.05. The van der Waals surface area contributed by atoms with Gasteiger partial charge in [-0.1, -0.05) is 31.4 Å². The summed E-state index contributed by atoms with van der Waals surface area (Å²) in [6.07, 6.45) is 5.68. The molecule has 1 saturated carbocycles. The Morgan fingerprint density at radius 1 is 1.17 bits per heavy atom. The van der Waals surface area contributed by atoms with E-state index in [2.05, 4.69) is 5.32 Å². The van der Waals surface area contributed by atoms with Gasteiger partial charge in [0.15, 0.2) is 6.10 Å². The molecular formula is C19H24N2O3. The molecule has 4 rings (SSSR count). The van der Waals surface area contributed by atoms with Crippen LogP contribution < -0.4 is 10.1 Å². The predicted octanol–water partition coefficient (Wildman–Crippen LogP) is 2.81. The minimum absolute atomic E-state index is 0.0403. The van der Waals surface area contributed by atoms with Crippen LogP contribution in [-0.4, -0.2) is 35.9 Å². The maximum absolute atomic E-state index is 12.7. The van der Waals surface area contributed by atoms with Crippen molar-refractivity contribution in [2.24, 2.45) is 11.8 Å². The Kier molecular flexibility index (Phi) is 4.17. The zero-order valence-corrected chi connectivity index (χ0v) is 13.9. The average molecular weight is 328 g/mol. The van der Waals surface area contributed by atoms with Crippen molar-refractivity contribution in [2.75, 3.05) is 18.4 Å². The molecule has 0 aromatic heterocycles. The Morgan fingerprint density at radius 2 is 1.96 bits per heavy atom. The van der Waals surface area contributed by atoms with Crippen LogP contribution in [0.1, 0.15) is 38.5 Å². The molecule has 2 fully saturated rings. The normalized spacial score (nSPS) is 29.1. The number of likely N-dealkylation sites (tertiary alicyclic amines) is 1.